The van der Waals surface area contributed by atoms with Crippen LogP contribution in [0.4, 0.5) is 5.69 Å². The number of nitrogens with one attached hydrogen (secondary N) is 1. The molecule has 0 bridgehead atoms. The summed E-state index contributed by atoms with van der Waals surface area (Å²) >= 11 is 6.17. The molecule has 4 rings (SSSR count). The van der Waals surface area contributed by atoms with Gasteiger partial charge in [-0.05, 0) is 54.8 Å². The van der Waals surface area contributed by atoms with Gasteiger partial charge in [-0.1, -0.05) is 30.5 Å². The largest absolute Gasteiger partial charge is 0.454 e. The number of carbonyl (C=O) groups is 2. The van der Waals surface area contributed by atoms with Crippen molar-refractivity contribution in [1.29, 1.82) is 5.26 Å². The van der Waals surface area contributed by atoms with Crippen LogP contribution in [-0.2, 0) is 24.3 Å². The van der Waals surface area contributed by atoms with E-state index in [4.69, 9.17) is 25.8 Å². The van der Waals surface area contributed by atoms with Crippen molar-refractivity contribution < 1.29 is 32.2 Å². The Balaban J connectivity index is 1.39. The fourth-order valence-corrected chi connectivity index (χ4v) is 5.60. The molecule has 0 atom stereocenters. The summed E-state index contributed by atoms with van der Waals surface area (Å²) < 4.78 is 43.1. The number of ether oxygens (including phenoxy) is 3. The van der Waals surface area contributed by atoms with E-state index < -0.39 is 28.5 Å². The number of hydrogen-bond acceptors (Lipinski definition) is 8. The van der Waals surface area contributed by atoms with Gasteiger partial charge in [-0.25, -0.2) is 13.2 Å². The van der Waals surface area contributed by atoms with Crippen LogP contribution in [0.2, 0.25) is 5.02 Å². The molecule has 1 fully saturated rings. The number of nitrogens with zero attached hydrogens (tertiary/aromatic N) is 2. The van der Waals surface area contributed by atoms with E-state index in [-0.39, 0.29) is 28.0 Å². The molecule has 0 radical (unpaired) electrons. The molecule has 1 amide bonds. The summed E-state index contributed by atoms with van der Waals surface area (Å²) in [4.78, 5) is 24.8. The molecule has 2 aliphatic heterocycles. The topological polar surface area (TPSA) is 135 Å². The Kier molecular flexibility index (Phi) is 8.33. The SMILES string of the molecule is N#C/C(=C\c1ccc2c(c1)OCO2)C(=O)OCC(=O)Nc1cc(S(=O)(=O)N2CCCCCC2)ccc1Cl. The Morgan fingerprint density at radius 3 is 2.54 bits per heavy atom. The van der Waals surface area contributed by atoms with E-state index in [1.807, 2.05) is 0 Å². The number of rotatable bonds is 7. The molecule has 0 aliphatic carbocycles. The average Bonchev–Trinajstić information content (AvgIpc) is 3.17. The van der Waals surface area contributed by atoms with Crippen LogP contribution in [0.15, 0.2) is 46.9 Å². The zero-order chi connectivity index (χ0) is 26.4. The summed E-state index contributed by atoms with van der Waals surface area (Å²) in [7, 11) is -3.76. The second kappa shape index (κ2) is 11.6. The summed E-state index contributed by atoms with van der Waals surface area (Å²) in [5, 5.41) is 12.0. The van der Waals surface area contributed by atoms with Gasteiger partial charge < -0.3 is 19.5 Å². The van der Waals surface area contributed by atoms with Gasteiger partial charge in [0.15, 0.2) is 18.1 Å². The van der Waals surface area contributed by atoms with Crippen LogP contribution >= 0.6 is 11.6 Å². The van der Waals surface area contributed by atoms with Gasteiger partial charge in [0.2, 0.25) is 16.8 Å². The lowest BCUT2D eigenvalue weighted by Gasteiger charge is -2.20. The van der Waals surface area contributed by atoms with Crippen molar-refractivity contribution in [3.8, 4) is 17.6 Å². The predicted octanol–water partition coefficient (Wildman–Crippen LogP) is 3.72. The third kappa shape index (κ3) is 6.40. The maximum Gasteiger partial charge on any atom is 0.349 e. The Bertz CT molecular complexity index is 1380. The Morgan fingerprint density at radius 2 is 1.81 bits per heavy atom. The maximum atomic E-state index is 13.1. The van der Waals surface area contributed by atoms with Crippen molar-refractivity contribution in [2.45, 2.75) is 30.6 Å². The van der Waals surface area contributed by atoms with E-state index in [0.717, 1.165) is 25.7 Å². The summed E-state index contributed by atoms with van der Waals surface area (Å²) in [6, 6.07) is 10.7. The molecule has 10 nitrogen and oxygen atoms in total. The van der Waals surface area contributed by atoms with Crippen LogP contribution < -0.4 is 14.8 Å². The number of anilines is 1. The number of sulfonamides is 1. The molecule has 0 spiro atoms. The quantitative estimate of drug-likeness (QED) is 0.316. The number of fused-ring (bicyclic) bond motifs is 1. The lowest BCUT2D eigenvalue weighted by molar-refractivity contribution is -0.142. The van der Waals surface area contributed by atoms with Gasteiger partial charge in [0.05, 0.1) is 15.6 Å². The van der Waals surface area contributed by atoms with Crippen LogP contribution in [-0.4, -0.2) is 51.1 Å². The van der Waals surface area contributed by atoms with Gasteiger partial charge in [-0.15, -0.1) is 0 Å². The molecule has 12 heteroatoms. The van der Waals surface area contributed by atoms with E-state index in [1.54, 1.807) is 24.3 Å². The molecule has 2 aromatic carbocycles. The predicted molar refractivity (Wildman–Crippen MR) is 134 cm³/mol. The van der Waals surface area contributed by atoms with E-state index in [2.05, 4.69) is 5.32 Å². The minimum atomic E-state index is -3.76. The first-order valence-corrected chi connectivity index (χ1v) is 13.4. The van der Waals surface area contributed by atoms with Gasteiger partial charge in [0, 0.05) is 13.1 Å². The van der Waals surface area contributed by atoms with Crippen LogP contribution in [0.25, 0.3) is 6.08 Å². The average molecular weight is 546 g/mol. The van der Waals surface area contributed by atoms with Gasteiger partial charge in [0.1, 0.15) is 11.6 Å². The minimum Gasteiger partial charge on any atom is -0.454 e. The molecule has 2 aromatic rings. The fourth-order valence-electron chi connectivity index (χ4n) is 3.89. The van der Waals surface area contributed by atoms with E-state index in [9.17, 15) is 23.3 Å². The van der Waals surface area contributed by atoms with Crippen molar-refractivity contribution in [3.63, 3.8) is 0 Å². The number of esters is 1. The molecule has 37 heavy (non-hydrogen) atoms. The first kappa shape index (κ1) is 26.5. The molecule has 0 saturated carbocycles. The summed E-state index contributed by atoms with van der Waals surface area (Å²) in [5.74, 6) is -0.716. The standard InChI is InChI=1S/C25H24ClN3O7S/c26-20-7-6-19(37(32,33)29-9-3-1-2-4-10-29)13-21(20)28-24(30)15-34-25(31)18(14-27)11-17-5-8-22-23(12-17)36-16-35-22/h5-8,11-13H,1-4,9-10,15-16H2,(H,28,30)/b18-11+. The van der Waals surface area contributed by atoms with Crippen LogP contribution in [0.3, 0.4) is 0 Å². The zero-order valence-corrected chi connectivity index (χ0v) is 21.3. The molecule has 194 valence electrons. The monoisotopic (exact) mass is 545 g/mol. The van der Waals surface area contributed by atoms with Crippen molar-refractivity contribution >= 4 is 45.3 Å². The van der Waals surface area contributed by atoms with Crippen LogP contribution in [0.5, 0.6) is 11.5 Å². The minimum absolute atomic E-state index is 0.00419. The Labute approximate surface area is 219 Å². The number of hydrogen-bond donors (Lipinski definition) is 1. The highest BCUT2D eigenvalue weighted by Gasteiger charge is 2.26. The molecule has 2 aliphatic rings. The molecular weight excluding hydrogens is 522 g/mol. The normalized spacial score (nSPS) is 15.9. The molecular formula is C25H24ClN3O7S. The van der Waals surface area contributed by atoms with Crippen LogP contribution in [0, 0.1) is 11.3 Å². The molecule has 0 aromatic heterocycles. The maximum absolute atomic E-state index is 13.1. The first-order valence-electron chi connectivity index (χ1n) is 11.6. The van der Waals surface area contributed by atoms with Gasteiger partial charge >= 0.3 is 5.97 Å². The molecule has 2 heterocycles. The van der Waals surface area contributed by atoms with E-state index in [1.165, 1.54) is 28.6 Å². The number of carbonyl (C=O) groups excluding carboxylic acids is 2. The van der Waals surface area contributed by atoms with Crippen LogP contribution in [0.1, 0.15) is 31.2 Å². The Morgan fingerprint density at radius 1 is 1.08 bits per heavy atom. The molecule has 1 saturated heterocycles. The highest BCUT2D eigenvalue weighted by atomic mass is 35.5. The number of amides is 1. The third-order valence-corrected chi connectivity index (χ3v) is 8.02. The van der Waals surface area contributed by atoms with E-state index in [0.29, 0.717) is 30.2 Å². The second-order valence-corrected chi connectivity index (χ2v) is 10.7. The number of benzene rings is 2. The molecule has 0 unspecified atom stereocenters. The Hall–Kier alpha value is -3.59. The van der Waals surface area contributed by atoms with Gasteiger partial charge in [-0.2, -0.15) is 9.57 Å². The van der Waals surface area contributed by atoms with Crippen molar-refractivity contribution in [3.05, 3.63) is 52.6 Å². The van der Waals surface area contributed by atoms with Crippen molar-refractivity contribution in [1.82, 2.24) is 4.31 Å². The van der Waals surface area contributed by atoms with Gasteiger partial charge in [0.25, 0.3) is 5.91 Å². The highest BCUT2D eigenvalue weighted by Crippen LogP contribution is 2.33. The number of halogens is 1. The third-order valence-electron chi connectivity index (χ3n) is 5.80. The number of nitriles is 1. The molecule has 1 N–H and O–H groups in total. The zero-order valence-electron chi connectivity index (χ0n) is 19.7. The second-order valence-electron chi connectivity index (χ2n) is 8.37. The van der Waals surface area contributed by atoms with Crippen molar-refractivity contribution in [2.75, 3.05) is 31.8 Å². The summed E-state index contributed by atoms with van der Waals surface area (Å²) in [5.41, 5.74) is 0.252. The smallest absolute Gasteiger partial charge is 0.349 e. The van der Waals surface area contributed by atoms with E-state index >= 15 is 0 Å². The fraction of sp³-hybridized carbons (Fsp3) is 0.320. The lowest BCUT2D eigenvalue weighted by atomic mass is 10.1. The summed E-state index contributed by atoms with van der Waals surface area (Å²) in [6.07, 6.45) is 4.83. The lowest BCUT2D eigenvalue weighted by Crippen LogP contribution is -2.32. The first-order chi connectivity index (χ1) is 17.8. The summed E-state index contributed by atoms with van der Waals surface area (Å²) in [6.45, 7) is 0.244. The van der Waals surface area contributed by atoms with Crippen molar-refractivity contribution in [2.24, 2.45) is 0 Å². The van der Waals surface area contributed by atoms with Gasteiger partial charge in [-0.3, -0.25) is 4.79 Å². The highest BCUT2D eigenvalue weighted by molar-refractivity contribution is 7.89.